The summed E-state index contributed by atoms with van der Waals surface area (Å²) in [5, 5.41) is 21.7. The first kappa shape index (κ1) is 24.8. The van der Waals surface area contributed by atoms with Crippen LogP contribution in [0.4, 0.5) is 0 Å². The molecule has 2 aromatic heterocycles. The first-order valence-corrected chi connectivity index (χ1v) is 10.7. The van der Waals surface area contributed by atoms with Gasteiger partial charge in [-0.2, -0.15) is 0 Å². The van der Waals surface area contributed by atoms with E-state index in [9.17, 15) is 14.7 Å². The molecule has 182 valence electrons. The van der Waals surface area contributed by atoms with Crippen LogP contribution in [-0.2, 0) is 22.5 Å². The number of H-pyrrole nitrogens is 1. The molecule has 34 heavy (non-hydrogen) atoms. The lowest BCUT2D eigenvalue weighted by Crippen LogP contribution is -2.26. The Kier molecular flexibility index (Phi) is 8.25. The van der Waals surface area contributed by atoms with Crippen LogP contribution < -0.4 is 20.3 Å². The molecule has 3 N–H and O–H groups in total. The Morgan fingerprint density at radius 2 is 1.82 bits per heavy atom. The van der Waals surface area contributed by atoms with Gasteiger partial charge in [-0.3, -0.25) is 9.59 Å². The van der Waals surface area contributed by atoms with E-state index >= 15 is 0 Å². The summed E-state index contributed by atoms with van der Waals surface area (Å²) in [6.07, 6.45) is 2.18. The number of hydrogen-bond donors (Lipinski definition) is 3. The van der Waals surface area contributed by atoms with Crippen LogP contribution in [-0.4, -0.2) is 54.1 Å². The van der Waals surface area contributed by atoms with E-state index in [1.54, 1.807) is 18.2 Å². The zero-order valence-electron chi connectivity index (χ0n) is 19.6. The number of carbonyl (C=O) groups is 1. The van der Waals surface area contributed by atoms with Gasteiger partial charge in [0.05, 0.1) is 31.9 Å². The molecule has 0 unspecified atom stereocenters. The molecule has 3 rings (SSSR count). The summed E-state index contributed by atoms with van der Waals surface area (Å²) >= 11 is 0. The number of nitrogens with zero attached hydrogens (tertiary/aromatic N) is 2. The van der Waals surface area contributed by atoms with E-state index in [0.717, 1.165) is 12.8 Å². The Morgan fingerprint density at radius 3 is 2.44 bits per heavy atom. The van der Waals surface area contributed by atoms with Crippen LogP contribution in [0, 0.1) is 0 Å². The van der Waals surface area contributed by atoms with E-state index in [0.29, 0.717) is 34.7 Å². The Labute approximate surface area is 196 Å². The van der Waals surface area contributed by atoms with Gasteiger partial charge in [-0.1, -0.05) is 19.4 Å². The lowest BCUT2D eigenvalue weighted by atomic mass is 9.96. The van der Waals surface area contributed by atoms with Crippen molar-refractivity contribution in [2.75, 3.05) is 27.9 Å². The fraction of sp³-hybridized carbons (Fsp3) is 0.391. The van der Waals surface area contributed by atoms with Crippen molar-refractivity contribution in [3.05, 3.63) is 40.1 Å². The van der Waals surface area contributed by atoms with Gasteiger partial charge in [0.2, 0.25) is 11.8 Å². The number of unbranched alkanes of at least 4 members (excludes halogenated alkanes) is 1. The van der Waals surface area contributed by atoms with Crippen LogP contribution in [0.3, 0.4) is 0 Å². The second kappa shape index (κ2) is 11.3. The zero-order valence-corrected chi connectivity index (χ0v) is 19.6. The predicted octanol–water partition coefficient (Wildman–Crippen LogP) is 2.42. The fourth-order valence-electron chi connectivity index (χ4n) is 3.53. The third-order valence-corrected chi connectivity index (χ3v) is 5.12. The maximum Gasteiger partial charge on any atom is 0.264 e. The van der Waals surface area contributed by atoms with Crippen molar-refractivity contribution in [3.63, 3.8) is 0 Å². The highest BCUT2D eigenvalue weighted by atomic mass is 16.5. The van der Waals surface area contributed by atoms with Gasteiger partial charge in [-0.05, 0) is 25.0 Å². The minimum Gasteiger partial charge on any atom is -0.506 e. The minimum atomic E-state index is -0.583. The summed E-state index contributed by atoms with van der Waals surface area (Å²) in [7, 11) is 4.42. The molecule has 0 saturated carbocycles. The molecule has 0 aliphatic rings. The molecule has 0 saturated heterocycles. The normalized spacial score (nSPS) is 10.8. The Morgan fingerprint density at radius 1 is 1.12 bits per heavy atom. The van der Waals surface area contributed by atoms with E-state index in [-0.39, 0.29) is 42.2 Å². The van der Waals surface area contributed by atoms with Gasteiger partial charge in [0.25, 0.3) is 11.4 Å². The lowest BCUT2D eigenvalue weighted by molar-refractivity contribution is -0.125. The van der Waals surface area contributed by atoms with Gasteiger partial charge in [0.1, 0.15) is 29.4 Å². The molecule has 0 radical (unpaired) electrons. The summed E-state index contributed by atoms with van der Waals surface area (Å²) in [5.41, 5.74) is 0.596. The molecular formula is C23H28N4O7. The molecule has 0 fully saturated rings. The van der Waals surface area contributed by atoms with Gasteiger partial charge in [0, 0.05) is 12.8 Å². The van der Waals surface area contributed by atoms with E-state index in [4.69, 9.17) is 18.6 Å². The van der Waals surface area contributed by atoms with Crippen molar-refractivity contribution >= 4 is 5.91 Å². The van der Waals surface area contributed by atoms with Gasteiger partial charge >= 0.3 is 0 Å². The van der Waals surface area contributed by atoms with E-state index in [1.807, 2.05) is 6.92 Å². The number of methoxy groups -OCH3 is 3. The van der Waals surface area contributed by atoms with E-state index in [2.05, 4.69) is 20.5 Å². The summed E-state index contributed by atoms with van der Waals surface area (Å²) in [5.74, 6) is 0.0802. The number of nitrogens with one attached hydrogen (secondary N) is 2. The number of amides is 1. The Bertz CT molecular complexity index is 1180. The molecule has 0 bridgehead atoms. The number of aromatic hydroxyl groups is 1. The van der Waals surface area contributed by atoms with Crippen molar-refractivity contribution in [1.29, 1.82) is 0 Å². The topological polar surface area (TPSA) is 149 Å². The zero-order chi connectivity index (χ0) is 24.7. The number of ether oxygens (including phenoxy) is 3. The van der Waals surface area contributed by atoms with Crippen molar-refractivity contribution < 1.29 is 28.5 Å². The second-order valence-electron chi connectivity index (χ2n) is 7.38. The number of benzene rings is 1. The Hall–Kier alpha value is -3.86. The monoisotopic (exact) mass is 472 g/mol. The third kappa shape index (κ3) is 5.20. The summed E-state index contributed by atoms with van der Waals surface area (Å²) in [6, 6.07) is 5.23. The third-order valence-electron chi connectivity index (χ3n) is 5.12. The summed E-state index contributed by atoms with van der Waals surface area (Å²) in [6.45, 7) is 1.85. The average molecular weight is 472 g/mol. The van der Waals surface area contributed by atoms with Crippen LogP contribution >= 0.6 is 0 Å². The number of hydrogen-bond acceptors (Lipinski definition) is 9. The molecule has 0 aliphatic carbocycles. The molecule has 2 heterocycles. The lowest BCUT2D eigenvalue weighted by Gasteiger charge is -2.18. The van der Waals surface area contributed by atoms with E-state index in [1.165, 1.54) is 21.3 Å². The molecule has 1 aromatic carbocycles. The van der Waals surface area contributed by atoms with Crippen molar-refractivity contribution in [3.8, 4) is 39.8 Å². The molecule has 11 nitrogen and oxygen atoms in total. The van der Waals surface area contributed by atoms with Crippen LogP contribution in [0.15, 0.2) is 27.4 Å². The van der Waals surface area contributed by atoms with Crippen LogP contribution in [0.5, 0.6) is 17.2 Å². The van der Waals surface area contributed by atoms with Crippen LogP contribution in [0.1, 0.15) is 31.4 Å². The van der Waals surface area contributed by atoms with Crippen molar-refractivity contribution in [1.82, 2.24) is 20.5 Å². The largest absolute Gasteiger partial charge is 0.506 e. The van der Waals surface area contributed by atoms with Crippen molar-refractivity contribution in [2.24, 2.45) is 0 Å². The number of aromatic nitrogens is 3. The van der Waals surface area contributed by atoms with Gasteiger partial charge in [-0.25, -0.2) is 0 Å². The minimum absolute atomic E-state index is 0.0599. The summed E-state index contributed by atoms with van der Waals surface area (Å²) in [4.78, 5) is 27.4. The smallest absolute Gasteiger partial charge is 0.264 e. The number of rotatable bonds is 11. The molecule has 0 aliphatic heterocycles. The highest BCUT2D eigenvalue weighted by Crippen LogP contribution is 2.46. The van der Waals surface area contributed by atoms with Crippen LogP contribution in [0.2, 0.25) is 0 Å². The number of aromatic amines is 1. The predicted molar refractivity (Wildman–Crippen MR) is 123 cm³/mol. The average Bonchev–Trinajstić information content (AvgIpc) is 3.29. The van der Waals surface area contributed by atoms with Gasteiger partial charge in [-0.15, -0.1) is 10.2 Å². The molecule has 1 amide bonds. The first-order chi connectivity index (χ1) is 16.4. The van der Waals surface area contributed by atoms with Gasteiger partial charge < -0.3 is 34.0 Å². The highest BCUT2D eigenvalue weighted by molar-refractivity contribution is 5.87. The summed E-state index contributed by atoms with van der Waals surface area (Å²) < 4.78 is 21.4. The molecule has 3 aromatic rings. The number of carbonyl (C=O) groups excluding carboxylic acids is 1. The number of aryl methyl sites for hydroxylation is 1. The molecule has 0 spiro atoms. The maximum atomic E-state index is 13.0. The van der Waals surface area contributed by atoms with Crippen LogP contribution in [0.25, 0.3) is 22.6 Å². The quantitative estimate of drug-likeness (QED) is 0.382. The first-order valence-electron chi connectivity index (χ1n) is 10.7. The number of pyridine rings is 1. The Balaban J connectivity index is 2.14. The standard InChI is InChI=1S/C23H28N4O7/c1-5-6-8-13-18(19-14(32-3)9-7-10-15(19)33-4)21(29)20(22(30)25-13)23-27-26-17(34-23)11-24-16(28)12-31-2/h7,9-10H,5-6,8,11-12H2,1-4H3,(H,24,28)(H2,25,29,30). The van der Waals surface area contributed by atoms with E-state index < -0.39 is 5.56 Å². The molecular weight excluding hydrogens is 444 g/mol. The highest BCUT2D eigenvalue weighted by Gasteiger charge is 2.27. The SMILES string of the molecule is CCCCc1[nH]c(=O)c(-c2nnc(CNC(=O)COC)o2)c(O)c1-c1c(OC)cccc1OC. The van der Waals surface area contributed by atoms with Gasteiger partial charge in [0.15, 0.2) is 0 Å². The second-order valence-corrected chi connectivity index (χ2v) is 7.38. The molecule has 0 atom stereocenters. The fourth-order valence-corrected chi connectivity index (χ4v) is 3.53. The molecule has 11 heteroatoms. The maximum absolute atomic E-state index is 13.0. The van der Waals surface area contributed by atoms with Crippen molar-refractivity contribution in [2.45, 2.75) is 32.7 Å².